The Hall–Kier alpha value is -1.53. The molecule has 0 bridgehead atoms. The Morgan fingerprint density at radius 1 is 1.48 bits per heavy atom. The predicted molar refractivity (Wildman–Crippen MR) is 95.9 cm³/mol. The van der Waals surface area contributed by atoms with Gasteiger partial charge in [0.1, 0.15) is 5.75 Å². The van der Waals surface area contributed by atoms with Crippen LogP contribution in [-0.4, -0.2) is 23.0 Å². The van der Waals surface area contributed by atoms with Gasteiger partial charge in [-0.15, -0.1) is 10.2 Å². The minimum atomic E-state index is -1.36. The Balaban J connectivity index is 2.15. The summed E-state index contributed by atoms with van der Waals surface area (Å²) in [5, 5.41) is 3.62. The molecule has 6 heteroatoms. The molecule has 114 valence electrons. The Morgan fingerprint density at radius 3 is 2.95 bits per heavy atom. The highest BCUT2D eigenvalue weighted by Gasteiger charge is 2.29. The van der Waals surface area contributed by atoms with Gasteiger partial charge in [0, 0.05) is 12.0 Å². The number of hydrogen-bond donors (Lipinski definition) is 2. The van der Waals surface area contributed by atoms with Crippen molar-refractivity contribution in [3.63, 3.8) is 0 Å². The maximum absolute atomic E-state index is 5.72. The quantitative estimate of drug-likeness (QED) is 0.790. The van der Waals surface area contributed by atoms with Crippen LogP contribution in [0.25, 0.3) is 0 Å². The lowest BCUT2D eigenvalue weighted by Gasteiger charge is -2.36. The van der Waals surface area contributed by atoms with Gasteiger partial charge in [-0.3, -0.25) is 4.99 Å². The van der Waals surface area contributed by atoms with Crippen molar-refractivity contribution in [2.24, 2.45) is 10.7 Å². The van der Waals surface area contributed by atoms with Crippen LogP contribution in [0.5, 0.6) is 5.75 Å². The van der Waals surface area contributed by atoms with E-state index in [9.17, 15) is 0 Å². The summed E-state index contributed by atoms with van der Waals surface area (Å²) in [7, 11) is 0.326. The summed E-state index contributed by atoms with van der Waals surface area (Å²) < 4.78 is 8.57. The Kier molecular flexibility index (Phi) is 5.25. The van der Waals surface area contributed by atoms with Crippen molar-refractivity contribution in [2.45, 2.75) is 19.8 Å². The number of nitrogens with zero attached hydrogens (tertiary/aromatic N) is 1. The third-order valence-corrected chi connectivity index (χ3v) is 6.85. The van der Waals surface area contributed by atoms with Crippen LogP contribution in [0, 0.1) is 0 Å². The number of aliphatic imine (C=N–C) groups is 1. The van der Waals surface area contributed by atoms with E-state index in [0.29, 0.717) is 5.11 Å². The second kappa shape index (κ2) is 6.95. The number of methoxy groups -OCH3 is 1. The predicted octanol–water partition coefficient (Wildman–Crippen LogP) is 3.08. The van der Waals surface area contributed by atoms with Gasteiger partial charge >= 0.3 is 0 Å². The SMILES string of the molecule is CCC1=NC=CS1(CCc1cccc(OC)c1)NC(N)=S. The third-order valence-electron chi connectivity index (χ3n) is 3.36. The van der Waals surface area contributed by atoms with Crippen LogP contribution in [0.15, 0.2) is 40.9 Å². The molecule has 0 spiro atoms. The molecule has 2 rings (SSSR count). The fourth-order valence-electron chi connectivity index (χ4n) is 2.36. The molecule has 1 heterocycles. The fraction of sp³-hybridized carbons (Fsp3) is 0.333. The molecule has 1 aromatic carbocycles. The molecule has 3 N–H and O–H groups in total. The number of thiocarbonyl (C=S) groups is 1. The lowest BCUT2D eigenvalue weighted by atomic mass is 10.2. The number of nitrogens with one attached hydrogen (secondary N) is 1. The molecule has 0 fully saturated rings. The van der Waals surface area contributed by atoms with Crippen molar-refractivity contribution in [1.29, 1.82) is 0 Å². The highest BCUT2D eigenvalue weighted by molar-refractivity contribution is 8.46. The van der Waals surface area contributed by atoms with Gasteiger partial charge < -0.3 is 15.2 Å². The summed E-state index contributed by atoms with van der Waals surface area (Å²) in [6, 6.07) is 8.14. The molecule has 1 aromatic rings. The first-order chi connectivity index (χ1) is 10.1. The van der Waals surface area contributed by atoms with E-state index in [2.05, 4.69) is 34.2 Å². The van der Waals surface area contributed by atoms with Crippen LogP contribution in [-0.2, 0) is 6.42 Å². The maximum atomic E-state index is 5.72. The van der Waals surface area contributed by atoms with Crippen LogP contribution in [0.1, 0.15) is 18.9 Å². The zero-order chi connectivity index (χ0) is 15.3. The number of nitrogens with two attached hydrogens (primary N) is 1. The van der Waals surface area contributed by atoms with E-state index in [1.165, 1.54) is 5.56 Å². The first-order valence-corrected chi connectivity index (χ1v) is 9.11. The van der Waals surface area contributed by atoms with Gasteiger partial charge in [0.15, 0.2) is 5.11 Å². The molecule has 0 amide bonds. The van der Waals surface area contributed by atoms with Crippen molar-refractivity contribution in [3.8, 4) is 5.75 Å². The minimum absolute atomic E-state index is 0.336. The zero-order valence-corrected chi connectivity index (χ0v) is 14.0. The summed E-state index contributed by atoms with van der Waals surface area (Å²) in [5.41, 5.74) is 6.96. The number of hydrogen-bond acceptors (Lipinski definition) is 3. The van der Waals surface area contributed by atoms with Crippen molar-refractivity contribution in [2.75, 3.05) is 12.9 Å². The minimum Gasteiger partial charge on any atom is -0.497 e. The summed E-state index contributed by atoms with van der Waals surface area (Å²) in [6.45, 7) is 2.11. The third kappa shape index (κ3) is 3.77. The van der Waals surface area contributed by atoms with Crippen molar-refractivity contribution in [3.05, 3.63) is 41.4 Å². The summed E-state index contributed by atoms with van der Waals surface area (Å²) in [5.74, 6) is 1.81. The van der Waals surface area contributed by atoms with Gasteiger partial charge in [-0.1, -0.05) is 19.1 Å². The van der Waals surface area contributed by atoms with Gasteiger partial charge in [-0.25, -0.2) is 0 Å². The molecule has 4 nitrogen and oxygen atoms in total. The maximum Gasteiger partial charge on any atom is 0.173 e. The van der Waals surface area contributed by atoms with Gasteiger partial charge in [0.25, 0.3) is 0 Å². The van der Waals surface area contributed by atoms with E-state index in [1.807, 2.05) is 18.3 Å². The molecular weight excluding hydrogens is 302 g/mol. The lowest BCUT2D eigenvalue weighted by Crippen LogP contribution is -2.36. The van der Waals surface area contributed by atoms with Crippen molar-refractivity contribution < 1.29 is 4.74 Å². The van der Waals surface area contributed by atoms with Gasteiger partial charge in [0.2, 0.25) is 0 Å². The lowest BCUT2D eigenvalue weighted by molar-refractivity contribution is 0.414. The Labute approximate surface area is 132 Å². The fourth-order valence-corrected chi connectivity index (χ4v) is 5.57. The van der Waals surface area contributed by atoms with Crippen LogP contribution in [0.3, 0.4) is 0 Å². The van der Waals surface area contributed by atoms with Crippen molar-refractivity contribution >= 4 is 32.6 Å². The monoisotopic (exact) mass is 323 g/mol. The van der Waals surface area contributed by atoms with E-state index in [0.717, 1.165) is 29.4 Å². The standard InChI is InChI=1S/C15H21N3OS2/c1-3-14-17-8-10-21(14,18-15(16)20)9-7-12-5-4-6-13(11-12)19-2/h4-6,8,10-11H,3,7,9H2,1-2H3,(H3,16,18,20). The normalized spacial score (nSPS) is 23.2. The highest BCUT2D eigenvalue weighted by Crippen LogP contribution is 2.51. The van der Waals surface area contributed by atoms with Crippen LogP contribution < -0.4 is 15.2 Å². The van der Waals surface area contributed by atoms with Crippen LogP contribution in [0.4, 0.5) is 0 Å². The van der Waals surface area contributed by atoms with Gasteiger partial charge in [0.05, 0.1) is 12.2 Å². The second-order valence-electron chi connectivity index (χ2n) is 4.73. The summed E-state index contributed by atoms with van der Waals surface area (Å²) in [4.78, 5) is 4.48. The van der Waals surface area contributed by atoms with Crippen molar-refractivity contribution in [1.82, 2.24) is 4.72 Å². The number of benzene rings is 1. The van der Waals surface area contributed by atoms with E-state index < -0.39 is 10.2 Å². The first-order valence-electron chi connectivity index (χ1n) is 6.84. The van der Waals surface area contributed by atoms with E-state index in [-0.39, 0.29) is 0 Å². The molecular formula is C15H21N3OS2. The van der Waals surface area contributed by atoms with Crippen LogP contribution in [0.2, 0.25) is 0 Å². The van der Waals surface area contributed by atoms with E-state index >= 15 is 0 Å². The van der Waals surface area contributed by atoms with E-state index in [4.69, 9.17) is 22.7 Å². The second-order valence-corrected chi connectivity index (χ2v) is 8.11. The largest absolute Gasteiger partial charge is 0.497 e. The summed E-state index contributed by atoms with van der Waals surface area (Å²) in [6.07, 6.45) is 3.69. The number of aryl methyl sites for hydroxylation is 1. The van der Waals surface area contributed by atoms with Gasteiger partial charge in [-0.05, 0) is 48.2 Å². The summed E-state index contributed by atoms with van der Waals surface area (Å²) >= 11 is 5.05. The Morgan fingerprint density at radius 2 is 2.29 bits per heavy atom. The van der Waals surface area contributed by atoms with Crippen LogP contribution >= 0.6 is 22.4 Å². The number of rotatable bonds is 6. The molecule has 0 saturated heterocycles. The molecule has 21 heavy (non-hydrogen) atoms. The molecule has 0 radical (unpaired) electrons. The first kappa shape index (κ1) is 15.9. The topological polar surface area (TPSA) is 59.6 Å². The molecule has 0 aromatic heterocycles. The molecule has 1 atom stereocenters. The molecule has 1 aliphatic rings. The smallest absolute Gasteiger partial charge is 0.173 e. The van der Waals surface area contributed by atoms with E-state index in [1.54, 1.807) is 7.11 Å². The van der Waals surface area contributed by atoms with Gasteiger partial charge in [-0.2, -0.15) is 0 Å². The molecule has 0 saturated carbocycles. The Bertz CT molecular complexity index is 586. The average molecular weight is 323 g/mol. The number of ether oxygens (including phenoxy) is 1. The molecule has 1 unspecified atom stereocenters. The zero-order valence-electron chi connectivity index (χ0n) is 12.3. The molecule has 0 aliphatic carbocycles. The highest BCUT2D eigenvalue weighted by atomic mass is 32.3. The molecule has 1 aliphatic heterocycles. The average Bonchev–Trinajstić information content (AvgIpc) is 2.87.